The molecule has 1 aliphatic rings. The van der Waals surface area contributed by atoms with Gasteiger partial charge in [-0.2, -0.15) is 0 Å². The Morgan fingerprint density at radius 3 is 2.71 bits per heavy atom. The van der Waals surface area contributed by atoms with Crippen LogP contribution in [0.2, 0.25) is 0 Å². The van der Waals surface area contributed by atoms with Crippen molar-refractivity contribution in [1.82, 2.24) is 14.3 Å². The molecule has 6 heteroatoms. The first-order valence-corrected chi connectivity index (χ1v) is 9.06. The molecule has 0 saturated carbocycles. The highest BCUT2D eigenvalue weighted by Crippen LogP contribution is 2.43. The van der Waals surface area contributed by atoms with E-state index in [1.54, 1.807) is 13.4 Å². The summed E-state index contributed by atoms with van der Waals surface area (Å²) in [6.07, 6.45) is 3.39. The highest BCUT2D eigenvalue weighted by Gasteiger charge is 2.45. The molecule has 0 unspecified atom stereocenters. The van der Waals surface area contributed by atoms with Gasteiger partial charge in [-0.1, -0.05) is 12.1 Å². The molecule has 2 heterocycles. The molecule has 0 fully saturated rings. The van der Waals surface area contributed by atoms with Crippen LogP contribution in [0.25, 0.3) is 0 Å². The SMILES string of the molecule is COc1cccc([C@@H]2c3cncnc3CN2[S@+]([O-])C(C)(C)C)c1C. The monoisotopic (exact) mass is 345 g/mol. The van der Waals surface area contributed by atoms with Crippen molar-refractivity contribution in [3.63, 3.8) is 0 Å². The van der Waals surface area contributed by atoms with Crippen LogP contribution in [0.4, 0.5) is 0 Å². The normalized spacial score (nSPS) is 19.2. The van der Waals surface area contributed by atoms with E-state index < -0.39 is 11.4 Å². The van der Waals surface area contributed by atoms with E-state index in [1.807, 2.05) is 50.3 Å². The Morgan fingerprint density at radius 2 is 2.04 bits per heavy atom. The second-order valence-corrected chi connectivity index (χ2v) is 9.13. The van der Waals surface area contributed by atoms with E-state index in [2.05, 4.69) is 16.0 Å². The molecule has 3 rings (SSSR count). The molecule has 0 aliphatic carbocycles. The first kappa shape index (κ1) is 17.2. The fourth-order valence-electron chi connectivity index (χ4n) is 3.10. The molecule has 0 bridgehead atoms. The maximum atomic E-state index is 13.1. The van der Waals surface area contributed by atoms with E-state index in [4.69, 9.17) is 4.74 Å². The second kappa shape index (κ2) is 6.35. The molecule has 2 aromatic rings. The van der Waals surface area contributed by atoms with Crippen LogP contribution in [-0.2, 0) is 17.9 Å². The number of hydrogen-bond donors (Lipinski definition) is 0. The fourth-order valence-corrected chi connectivity index (χ4v) is 4.46. The standard InChI is InChI=1S/C18H23N3O2S/c1-12-13(7-6-8-16(12)23-5)17-14-9-19-11-20-15(14)10-21(17)24(22)18(2,3)4/h6-9,11,17H,10H2,1-5H3/t17-,24-/m1/s1. The van der Waals surface area contributed by atoms with Gasteiger partial charge in [-0.25, -0.2) is 9.97 Å². The molecule has 0 spiro atoms. The topological polar surface area (TPSA) is 61.3 Å². The van der Waals surface area contributed by atoms with Crippen LogP contribution in [0.1, 0.15) is 49.2 Å². The number of hydrogen-bond acceptors (Lipinski definition) is 5. The fraction of sp³-hybridized carbons (Fsp3) is 0.444. The van der Waals surface area contributed by atoms with E-state index in [9.17, 15) is 4.55 Å². The van der Waals surface area contributed by atoms with Gasteiger partial charge >= 0.3 is 0 Å². The lowest BCUT2D eigenvalue weighted by Crippen LogP contribution is -2.42. The Kier molecular flexibility index (Phi) is 4.55. The summed E-state index contributed by atoms with van der Waals surface area (Å²) in [4.78, 5) is 8.60. The highest BCUT2D eigenvalue weighted by molar-refractivity contribution is 7.90. The van der Waals surface area contributed by atoms with Crippen molar-refractivity contribution in [1.29, 1.82) is 0 Å². The first-order valence-electron chi connectivity index (χ1n) is 7.95. The van der Waals surface area contributed by atoms with Crippen molar-refractivity contribution in [2.75, 3.05) is 7.11 Å². The van der Waals surface area contributed by atoms with Crippen LogP contribution >= 0.6 is 0 Å². The summed E-state index contributed by atoms with van der Waals surface area (Å²) in [6.45, 7) is 8.57. The predicted molar refractivity (Wildman–Crippen MR) is 95.0 cm³/mol. The molecule has 5 nitrogen and oxygen atoms in total. The van der Waals surface area contributed by atoms with Crippen molar-refractivity contribution >= 4 is 11.4 Å². The number of benzene rings is 1. The highest BCUT2D eigenvalue weighted by atomic mass is 32.2. The zero-order valence-corrected chi connectivity index (χ0v) is 15.6. The maximum Gasteiger partial charge on any atom is 0.137 e. The average Bonchev–Trinajstić information content (AvgIpc) is 2.92. The number of fused-ring (bicyclic) bond motifs is 1. The summed E-state index contributed by atoms with van der Waals surface area (Å²) in [5.74, 6) is 0.833. The molecule has 2 atom stereocenters. The van der Waals surface area contributed by atoms with Crippen molar-refractivity contribution in [2.24, 2.45) is 0 Å². The molecule has 0 amide bonds. The zero-order chi connectivity index (χ0) is 17.5. The lowest BCUT2D eigenvalue weighted by atomic mass is 9.97. The molecule has 0 radical (unpaired) electrons. The molecule has 1 aromatic heterocycles. The summed E-state index contributed by atoms with van der Waals surface area (Å²) in [7, 11) is 1.67. The Labute approximate surface area is 146 Å². The summed E-state index contributed by atoms with van der Waals surface area (Å²) in [6, 6.07) is 5.86. The molecule has 0 saturated heterocycles. The lowest BCUT2D eigenvalue weighted by molar-refractivity contribution is 0.366. The van der Waals surface area contributed by atoms with Gasteiger partial charge in [0.05, 0.1) is 19.3 Å². The number of methoxy groups -OCH3 is 1. The van der Waals surface area contributed by atoms with E-state index in [-0.39, 0.29) is 10.8 Å². The van der Waals surface area contributed by atoms with Gasteiger partial charge in [0.2, 0.25) is 0 Å². The zero-order valence-electron chi connectivity index (χ0n) is 14.7. The average molecular weight is 345 g/mol. The second-order valence-electron chi connectivity index (χ2n) is 6.94. The first-order chi connectivity index (χ1) is 11.3. The van der Waals surface area contributed by atoms with E-state index in [0.29, 0.717) is 6.54 Å². The van der Waals surface area contributed by atoms with E-state index in [0.717, 1.165) is 28.1 Å². The van der Waals surface area contributed by atoms with Gasteiger partial charge in [0, 0.05) is 23.1 Å². The Balaban J connectivity index is 2.13. The predicted octanol–water partition coefficient (Wildman–Crippen LogP) is 3.16. The molecule has 1 aliphatic heterocycles. The number of nitrogens with zero attached hydrogens (tertiary/aromatic N) is 3. The van der Waals surface area contributed by atoms with Crippen LogP contribution in [0.3, 0.4) is 0 Å². The van der Waals surface area contributed by atoms with Gasteiger partial charge < -0.3 is 9.29 Å². The summed E-state index contributed by atoms with van der Waals surface area (Å²) >= 11 is -1.16. The third kappa shape index (κ3) is 2.90. The maximum absolute atomic E-state index is 13.1. The van der Waals surface area contributed by atoms with Crippen molar-refractivity contribution in [3.05, 3.63) is 53.1 Å². The Morgan fingerprint density at radius 1 is 1.29 bits per heavy atom. The molecule has 128 valence electrons. The number of rotatable bonds is 3. The molecular weight excluding hydrogens is 322 g/mol. The minimum atomic E-state index is -1.16. The molecule has 1 aromatic carbocycles. The summed E-state index contributed by atoms with van der Waals surface area (Å²) in [5, 5.41) is 0. The molecular formula is C18H23N3O2S. The minimum absolute atomic E-state index is 0.128. The third-order valence-corrected chi connectivity index (χ3v) is 6.11. The van der Waals surface area contributed by atoms with Crippen molar-refractivity contribution < 1.29 is 9.29 Å². The van der Waals surface area contributed by atoms with Gasteiger partial charge in [0.25, 0.3) is 0 Å². The van der Waals surface area contributed by atoms with Crippen molar-refractivity contribution in [2.45, 2.75) is 45.0 Å². The van der Waals surface area contributed by atoms with Gasteiger partial charge in [0.15, 0.2) is 0 Å². The van der Waals surface area contributed by atoms with Gasteiger partial charge in [-0.15, -0.1) is 4.31 Å². The lowest BCUT2D eigenvalue weighted by Gasteiger charge is -2.34. The smallest absolute Gasteiger partial charge is 0.137 e. The van der Waals surface area contributed by atoms with Crippen LogP contribution < -0.4 is 4.74 Å². The number of aromatic nitrogens is 2. The largest absolute Gasteiger partial charge is 0.597 e. The van der Waals surface area contributed by atoms with Gasteiger partial charge in [0.1, 0.15) is 22.9 Å². The van der Waals surface area contributed by atoms with Crippen LogP contribution in [0, 0.1) is 6.92 Å². The Hall–Kier alpha value is -1.63. The van der Waals surface area contributed by atoms with Gasteiger partial charge in [-0.3, -0.25) is 0 Å². The Bertz CT molecular complexity index is 745. The van der Waals surface area contributed by atoms with E-state index in [1.165, 1.54) is 0 Å². The molecule has 24 heavy (non-hydrogen) atoms. The van der Waals surface area contributed by atoms with E-state index >= 15 is 0 Å². The van der Waals surface area contributed by atoms with Crippen LogP contribution in [-0.4, -0.2) is 30.7 Å². The molecule has 0 N–H and O–H groups in total. The minimum Gasteiger partial charge on any atom is -0.597 e. The summed E-state index contributed by atoms with van der Waals surface area (Å²) < 4.78 is 20.3. The quantitative estimate of drug-likeness (QED) is 0.800. The third-order valence-electron chi connectivity index (χ3n) is 4.29. The van der Waals surface area contributed by atoms with Crippen LogP contribution in [0.15, 0.2) is 30.7 Å². The van der Waals surface area contributed by atoms with Gasteiger partial charge in [-0.05, 0) is 44.9 Å². The van der Waals surface area contributed by atoms with Crippen LogP contribution in [0.5, 0.6) is 5.75 Å². The number of ether oxygens (including phenoxy) is 1. The van der Waals surface area contributed by atoms with Crippen molar-refractivity contribution in [3.8, 4) is 5.75 Å². The summed E-state index contributed by atoms with van der Waals surface area (Å²) in [5.41, 5.74) is 4.10.